The summed E-state index contributed by atoms with van der Waals surface area (Å²) in [5.74, 6) is -0.556. The van der Waals surface area contributed by atoms with Crippen LogP contribution in [0.5, 0.6) is 0 Å². The molecule has 4 rings (SSSR count). The van der Waals surface area contributed by atoms with Crippen LogP contribution >= 0.6 is 0 Å². The number of nitrogens with zero attached hydrogens (tertiary/aromatic N) is 3. The lowest BCUT2D eigenvalue weighted by atomic mass is 10.1. The number of esters is 1. The van der Waals surface area contributed by atoms with Crippen molar-refractivity contribution in [1.29, 1.82) is 0 Å². The van der Waals surface area contributed by atoms with Crippen LogP contribution < -0.4 is 0 Å². The van der Waals surface area contributed by atoms with Crippen molar-refractivity contribution >= 4 is 32.8 Å². The van der Waals surface area contributed by atoms with Crippen LogP contribution in [0.3, 0.4) is 0 Å². The predicted octanol–water partition coefficient (Wildman–Crippen LogP) is 3.21. The van der Waals surface area contributed by atoms with Crippen molar-refractivity contribution in [3.63, 3.8) is 0 Å². The summed E-state index contributed by atoms with van der Waals surface area (Å²) in [6.45, 7) is 7.66. The van der Waals surface area contributed by atoms with Gasteiger partial charge < -0.3 is 18.6 Å². The number of rotatable bonds is 7. The number of ether oxygens (including phenoxy) is 1. The monoisotopic (exact) mass is 487 g/mol. The lowest BCUT2D eigenvalue weighted by molar-refractivity contribution is 0.0483. The first kappa shape index (κ1) is 24.0. The maximum atomic E-state index is 13.4. The summed E-state index contributed by atoms with van der Waals surface area (Å²) in [6.07, 6.45) is 1.90. The Labute approximate surface area is 198 Å². The Bertz CT molecular complexity index is 1300. The number of hydrogen-bond donors (Lipinski definition) is 0. The van der Waals surface area contributed by atoms with E-state index in [4.69, 9.17) is 9.15 Å². The third-order valence-electron chi connectivity index (χ3n) is 5.76. The molecule has 0 N–H and O–H groups in total. The molecular formula is C24H29N3O6S. The van der Waals surface area contributed by atoms with E-state index in [1.54, 1.807) is 11.8 Å². The largest absolute Gasteiger partial charge is 0.460 e. The van der Waals surface area contributed by atoms with Gasteiger partial charge in [0.15, 0.2) is 0 Å². The van der Waals surface area contributed by atoms with Gasteiger partial charge in [-0.2, -0.15) is 4.31 Å². The van der Waals surface area contributed by atoms with E-state index in [1.165, 1.54) is 16.4 Å². The number of para-hydroxylation sites is 1. The summed E-state index contributed by atoms with van der Waals surface area (Å²) in [4.78, 5) is 26.8. The predicted molar refractivity (Wildman–Crippen MR) is 126 cm³/mol. The molecule has 0 radical (unpaired) electrons. The van der Waals surface area contributed by atoms with Gasteiger partial charge in [-0.05, 0) is 31.0 Å². The van der Waals surface area contributed by atoms with E-state index in [0.717, 1.165) is 17.4 Å². The Morgan fingerprint density at radius 1 is 1.06 bits per heavy atom. The topological polar surface area (TPSA) is 102 Å². The molecule has 0 unspecified atom stereocenters. The van der Waals surface area contributed by atoms with Crippen molar-refractivity contribution in [1.82, 2.24) is 13.8 Å². The molecule has 1 amide bonds. The first-order valence-electron chi connectivity index (χ1n) is 11.4. The number of hydrogen-bond acceptors (Lipinski definition) is 6. The van der Waals surface area contributed by atoms with E-state index >= 15 is 0 Å². The van der Waals surface area contributed by atoms with Gasteiger partial charge in [-0.15, -0.1) is 0 Å². The van der Waals surface area contributed by atoms with Crippen molar-refractivity contribution in [2.45, 2.75) is 32.4 Å². The average Bonchev–Trinajstić information content (AvgIpc) is 3.45. The molecule has 3 aromatic rings. The van der Waals surface area contributed by atoms with E-state index in [9.17, 15) is 18.0 Å². The zero-order valence-electron chi connectivity index (χ0n) is 19.6. The molecule has 1 aliphatic rings. The molecule has 1 saturated heterocycles. The van der Waals surface area contributed by atoms with Crippen molar-refractivity contribution < 1.29 is 27.2 Å². The second-order valence-electron chi connectivity index (χ2n) is 8.64. The van der Waals surface area contributed by atoms with Gasteiger partial charge in [0.1, 0.15) is 0 Å². The van der Waals surface area contributed by atoms with Crippen LogP contribution in [0, 0.1) is 5.92 Å². The molecule has 2 aromatic heterocycles. The Kier molecular flexibility index (Phi) is 6.81. The molecule has 0 bridgehead atoms. The van der Waals surface area contributed by atoms with Gasteiger partial charge in [0.2, 0.25) is 10.9 Å². The summed E-state index contributed by atoms with van der Waals surface area (Å²) < 4.78 is 39.4. The highest BCUT2D eigenvalue weighted by Gasteiger charge is 2.33. The summed E-state index contributed by atoms with van der Waals surface area (Å²) in [5.41, 5.74) is 1.63. The standard InChI is InChI=1S/C24H29N3O6S/c1-4-32-24(29)21-9-10-22(33-21)34(30,31)27-13-11-25(12-14-27)23(28)19-16-26(15-17(2)3)20-8-6-5-7-18(19)20/h5-10,16-17H,4,11-15H2,1-3H3. The van der Waals surface area contributed by atoms with E-state index in [-0.39, 0.29) is 49.5 Å². The van der Waals surface area contributed by atoms with E-state index in [2.05, 4.69) is 18.4 Å². The number of carbonyl (C=O) groups excluding carboxylic acids is 2. The van der Waals surface area contributed by atoms with Gasteiger partial charge in [-0.3, -0.25) is 4.79 Å². The molecular weight excluding hydrogens is 458 g/mol. The number of piperazine rings is 1. The smallest absolute Gasteiger partial charge is 0.374 e. The maximum Gasteiger partial charge on any atom is 0.374 e. The maximum absolute atomic E-state index is 13.4. The minimum atomic E-state index is -3.93. The molecule has 1 fully saturated rings. The Balaban J connectivity index is 1.48. The molecule has 3 heterocycles. The fraction of sp³-hybridized carbons (Fsp3) is 0.417. The summed E-state index contributed by atoms with van der Waals surface area (Å²) in [5, 5.41) is 0.581. The molecule has 0 aliphatic carbocycles. The van der Waals surface area contributed by atoms with Crippen molar-refractivity contribution in [2.75, 3.05) is 32.8 Å². The SMILES string of the molecule is CCOC(=O)c1ccc(S(=O)(=O)N2CCN(C(=O)c3cn(CC(C)C)c4ccccc34)CC2)o1. The van der Waals surface area contributed by atoms with Crippen molar-refractivity contribution in [2.24, 2.45) is 5.92 Å². The second kappa shape index (κ2) is 9.63. The highest BCUT2D eigenvalue weighted by atomic mass is 32.2. The van der Waals surface area contributed by atoms with Crippen LogP contribution in [0.4, 0.5) is 0 Å². The Hall–Kier alpha value is -3.11. The van der Waals surface area contributed by atoms with E-state index in [1.807, 2.05) is 30.5 Å². The molecule has 9 nitrogen and oxygen atoms in total. The first-order valence-corrected chi connectivity index (χ1v) is 12.8. The number of fused-ring (bicyclic) bond motifs is 1. The third kappa shape index (κ3) is 4.60. The minimum absolute atomic E-state index is 0.113. The number of aromatic nitrogens is 1. The van der Waals surface area contributed by atoms with E-state index in [0.29, 0.717) is 11.5 Å². The molecule has 0 spiro atoms. The molecule has 182 valence electrons. The fourth-order valence-corrected chi connectivity index (χ4v) is 5.50. The van der Waals surface area contributed by atoms with Gasteiger partial charge in [-0.25, -0.2) is 13.2 Å². The highest BCUT2D eigenvalue weighted by molar-refractivity contribution is 7.89. The van der Waals surface area contributed by atoms with Crippen LogP contribution in [0.2, 0.25) is 0 Å². The summed E-state index contributed by atoms with van der Waals surface area (Å²) >= 11 is 0. The summed E-state index contributed by atoms with van der Waals surface area (Å²) in [6, 6.07) is 10.4. The highest BCUT2D eigenvalue weighted by Crippen LogP contribution is 2.25. The van der Waals surface area contributed by atoms with Crippen LogP contribution in [0.1, 0.15) is 41.7 Å². The van der Waals surface area contributed by atoms with Gasteiger partial charge in [-0.1, -0.05) is 32.0 Å². The average molecular weight is 488 g/mol. The zero-order chi connectivity index (χ0) is 24.5. The number of carbonyl (C=O) groups is 2. The molecule has 0 saturated carbocycles. The fourth-order valence-electron chi connectivity index (χ4n) is 4.16. The van der Waals surface area contributed by atoms with Crippen molar-refractivity contribution in [3.8, 4) is 0 Å². The normalized spacial score (nSPS) is 15.2. The number of furan rings is 1. The molecule has 1 aromatic carbocycles. The van der Waals surface area contributed by atoms with Crippen LogP contribution in [0.25, 0.3) is 10.9 Å². The van der Waals surface area contributed by atoms with Gasteiger partial charge in [0, 0.05) is 49.8 Å². The van der Waals surface area contributed by atoms with Crippen molar-refractivity contribution in [3.05, 3.63) is 53.9 Å². The quantitative estimate of drug-likeness (QED) is 0.474. The Morgan fingerprint density at radius 3 is 2.44 bits per heavy atom. The van der Waals surface area contributed by atoms with Gasteiger partial charge >= 0.3 is 5.97 Å². The Morgan fingerprint density at radius 2 is 1.76 bits per heavy atom. The third-order valence-corrected chi connectivity index (χ3v) is 7.53. The van der Waals surface area contributed by atoms with Crippen LogP contribution in [-0.4, -0.2) is 66.9 Å². The number of sulfonamides is 1. The number of benzene rings is 1. The molecule has 34 heavy (non-hydrogen) atoms. The lowest BCUT2D eigenvalue weighted by Gasteiger charge is -2.33. The molecule has 0 atom stereocenters. The zero-order valence-corrected chi connectivity index (χ0v) is 20.4. The first-order chi connectivity index (χ1) is 16.2. The molecule has 10 heteroatoms. The number of amides is 1. The van der Waals surface area contributed by atoms with Gasteiger partial charge in [0.25, 0.3) is 15.9 Å². The van der Waals surface area contributed by atoms with Gasteiger partial charge in [0.05, 0.1) is 12.2 Å². The minimum Gasteiger partial charge on any atom is -0.460 e. The molecule has 1 aliphatic heterocycles. The second-order valence-corrected chi connectivity index (χ2v) is 10.5. The van der Waals surface area contributed by atoms with E-state index < -0.39 is 16.0 Å². The van der Waals surface area contributed by atoms with Crippen LogP contribution in [-0.2, 0) is 21.3 Å². The lowest BCUT2D eigenvalue weighted by Crippen LogP contribution is -2.50. The summed E-state index contributed by atoms with van der Waals surface area (Å²) in [7, 11) is -3.93. The van der Waals surface area contributed by atoms with Crippen LogP contribution in [0.15, 0.2) is 52.1 Å².